The molecule has 3 aromatic rings. The molecular weight excluding hydrogens is 326 g/mol. The molecule has 1 unspecified atom stereocenters. The van der Waals surface area contributed by atoms with Gasteiger partial charge in [-0.25, -0.2) is 0 Å². The number of ether oxygens (including phenoxy) is 1. The Morgan fingerprint density at radius 1 is 1.15 bits per heavy atom. The number of hydrogen-bond acceptors (Lipinski definition) is 3. The van der Waals surface area contributed by atoms with E-state index in [2.05, 4.69) is 39.5 Å². The molecule has 134 valence electrons. The molecule has 4 rings (SSSR count). The van der Waals surface area contributed by atoms with E-state index in [-0.39, 0.29) is 12.0 Å². The van der Waals surface area contributed by atoms with Crippen molar-refractivity contribution in [3.05, 3.63) is 71.9 Å². The average Bonchev–Trinajstić information content (AvgIpc) is 3.12. The summed E-state index contributed by atoms with van der Waals surface area (Å²) in [5, 5.41) is 4.03. The summed E-state index contributed by atoms with van der Waals surface area (Å²) in [5.41, 5.74) is 2.86. The minimum atomic E-state index is -0.0926. The highest BCUT2D eigenvalue weighted by molar-refractivity contribution is 5.97. The van der Waals surface area contributed by atoms with Crippen LogP contribution in [0.2, 0.25) is 0 Å². The number of carbonyl (C=O) groups is 1. The molecular formula is C21H23N3O2. The molecule has 1 saturated heterocycles. The third-order valence-corrected chi connectivity index (χ3v) is 4.74. The molecule has 0 saturated carbocycles. The molecule has 1 atom stereocenters. The van der Waals surface area contributed by atoms with E-state index in [0.29, 0.717) is 18.8 Å². The lowest BCUT2D eigenvalue weighted by atomic mass is 10.2. The van der Waals surface area contributed by atoms with Crippen molar-refractivity contribution in [1.82, 2.24) is 15.2 Å². The average molecular weight is 349 g/mol. The van der Waals surface area contributed by atoms with Gasteiger partial charge in [0.15, 0.2) is 0 Å². The lowest BCUT2D eigenvalue weighted by Gasteiger charge is -2.33. The largest absolute Gasteiger partial charge is 0.374 e. The summed E-state index contributed by atoms with van der Waals surface area (Å²) in [7, 11) is 0. The number of morpholine rings is 1. The van der Waals surface area contributed by atoms with Crippen LogP contribution in [-0.2, 0) is 11.3 Å². The Labute approximate surface area is 153 Å². The molecule has 1 fully saturated rings. The van der Waals surface area contributed by atoms with Gasteiger partial charge in [0.25, 0.3) is 5.91 Å². The Hall–Kier alpha value is -2.63. The number of aromatic amines is 1. The minimum absolute atomic E-state index is 0.0146. The zero-order chi connectivity index (χ0) is 17.8. The normalized spacial score (nSPS) is 18.1. The zero-order valence-corrected chi connectivity index (χ0v) is 14.7. The highest BCUT2D eigenvalue weighted by Crippen LogP contribution is 2.15. The van der Waals surface area contributed by atoms with Gasteiger partial charge < -0.3 is 15.0 Å². The SMILES string of the molecule is O=C(NCC1CN(Cc2ccccc2)CCO1)c1cc2ccccc2[nH]1. The van der Waals surface area contributed by atoms with Gasteiger partial charge in [0.1, 0.15) is 5.69 Å². The lowest BCUT2D eigenvalue weighted by molar-refractivity contribution is -0.0292. The van der Waals surface area contributed by atoms with Crippen LogP contribution in [0.3, 0.4) is 0 Å². The zero-order valence-electron chi connectivity index (χ0n) is 14.7. The smallest absolute Gasteiger partial charge is 0.267 e. The fraction of sp³-hybridized carbons (Fsp3) is 0.286. The number of carbonyl (C=O) groups excluding carboxylic acids is 1. The third kappa shape index (κ3) is 3.95. The van der Waals surface area contributed by atoms with E-state index >= 15 is 0 Å². The van der Waals surface area contributed by atoms with E-state index in [9.17, 15) is 4.79 Å². The molecule has 5 heteroatoms. The Balaban J connectivity index is 1.31. The van der Waals surface area contributed by atoms with Gasteiger partial charge in [0.2, 0.25) is 0 Å². The van der Waals surface area contributed by atoms with Crippen LogP contribution < -0.4 is 5.32 Å². The minimum Gasteiger partial charge on any atom is -0.374 e. The fourth-order valence-corrected chi connectivity index (χ4v) is 3.39. The van der Waals surface area contributed by atoms with Crippen LogP contribution in [-0.4, -0.2) is 48.1 Å². The number of nitrogens with zero attached hydrogens (tertiary/aromatic N) is 1. The van der Waals surface area contributed by atoms with Crippen LogP contribution in [0, 0.1) is 0 Å². The van der Waals surface area contributed by atoms with Gasteiger partial charge in [-0.1, -0.05) is 48.5 Å². The molecule has 1 aromatic heterocycles. The van der Waals surface area contributed by atoms with Gasteiger partial charge in [-0.2, -0.15) is 0 Å². The van der Waals surface area contributed by atoms with Crippen molar-refractivity contribution in [1.29, 1.82) is 0 Å². The quantitative estimate of drug-likeness (QED) is 0.745. The molecule has 26 heavy (non-hydrogen) atoms. The van der Waals surface area contributed by atoms with Gasteiger partial charge in [0.05, 0.1) is 12.7 Å². The summed E-state index contributed by atoms with van der Waals surface area (Å²) < 4.78 is 5.82. The van der Waals surface area contributed by atoms with Gasteiger partial charge in [-0.15, -0.1) is 0 Å². The molecule has 2 aromatic carbocycles. The van der Waals surface area contributed by atoms with Gasteiger partial charge >= 0.3 is 0 Å². The maximum Gasteiger partial charge on any atom is 0.267 e. The molecule has 1 aliphatic rings. The van der Waals surface area contributed by atoms with Crippen molar-refractivity contribution in [2.45, 2.75) is 12.6 Å². The fourth-order valence-electron chi connectivity index (χ4n) is 3.39. The summed E-state index contributed by atoms with van der Waals surface area (Å²) >= 11 is 0. The molecule has 2 heterocycles. The number of aromatic nitrogens is 1. The molecule has 0 spiro atoms. The first kappa shape index (κ1) is 16.8. The van der Waals surface area contributed by atoms with Crippen molar-refractivity contribution < 1.29 is 9.53 Å². The second-order valence-electron chi connectivity index (χ2n) is 6.69. The number of amides is 1. The Kier molecular flexibility index (Phi) is 5.00. The summed E-state index contributed by atoms with van der Waals surface area (Å²) in [4.78, 5) is 18.0. The predicted molar refractivity (Wildman–Crippen MR) is 102 cm³/mol. The van der Waals surface area contributed by atoms with Crippen molar-refractivity contribution in [2.24, 2.45) is 0 Å². The summed E-state index contributed by atoms with van der Waals surface area (Å²) in [5.74, 6) is -0.0926. The Morgan fingerprint density at radius 2 is 1.96 bits per heavy atom. The molecule has 5 nitrogen and oxygen atoms in total. The van der Waals surface area contributed by atoms with Crippen LogP contribution in [0.15, 0.2) is 60.7 Å². The van der Waals surface area contributed by atoms with E-state index < -0.39 is 0 Å². The maximum atomic E-state index is 12.4. The maximum absolute atomic E-state index is 12.4. The second-order valence-corrected chi connectivity index (χ2v) is 6.69. The van der Waals surface area contributed by atoms with Crippen LogP contribution in [0.4, 0.5) is 0 Å². The van der Waals surface area contributed by atoms with Crippen molar-refractivity contribution in [3.8, 4) is 0 Å². The monoisotopic (exact) mass is 349 g/mol. The number of fused-ring (bicyclic) bond motifs is 1. The molecule has 0 aliphatic carbocycles. The van der Waals surface area contributed by atoms with Gasteiger partial charge in [-0.3, -0.25) is 9.69 Å². The molecule has 1 amide bonds. The Morgan fingerprint density at radius 3 is 2.81 bits per heavy atom. The third-order valence-electron chi connectivity index (χ3n) is 4.74. The van der Waals surface area contributed by atoms with Crippen LogP contribution in [0.5, 0.6) is 0 Å². The van der Waals surface area contributed by atoms with Crippen molar-refractivity contribution >= 4 is 16.8 Å². The van der Waals surface area contributed by atoms with Crippen LogP contribution in [0.25, 0.3) is 10.9 Å². The van der Waals surface area contributed by atoms with Crippen molar-refractivity contribution in [3.63, 3.8) is 0 Å². The first-order valence-corrected chi connectivity index (χ1v) is 9.02. The van der Waals surface area contributed by atoms with E-state index in [4.69, 9.17) is 4.74 Å². The molecule has 1 aliphatic heterocycles. The van der Waals surface area contributed by atoms with E-state index in [1.165, 1.54) is 5.56 Å². The standard InChI is InChI=1S/C21H23N3O2/c25-21(20-12-17-8-4-5-9-19(17)23-20)22-13-18-15-24(10-11-26-18)14-16-6-2-1-3-7-16/h1-9,12,18,23H,10-11,13-15H2,(H,22,25). The summed E-state index contributed by atoms with van der Waals surface area (Å²) in [6.07, 6.45) is 0.0146. The molecule has 2 N–H and O–H groups in total. The molecule has 0 bridgehead atoms. The number of nitrogens with one attached hydrogen (secondary N) is 2. The first-order valence-electron chi connectivity index (χ1n) is 9.02. The number of rotatable bonds is 5. The summed E-state index contributed by atoms with van der Waals surface area (Å²) in [6, 6.07) is 20.2. The van der Waals surface area contributed by atoms with Gasteiger partial charge in [0, 0.05) is 37.1 Å². The topological polar surface area (TPSA) is 57.4 Å². The number of H-pyrrole nitrogens is 1. The lowest BCUT2D eigenvalue weighted by Crippen LogP contribution is -2.47. The highest BCUT2D eigenvalue weighted by atomic mass is 16.5. The van der Waals surface area contributed by atoms with Crippen LogP contribution in [0.1, 0.15) is 16.1 Å². The highest BCUT2D eigenvalue weighted by Gasteiger charge is 2.21. The number of benzene rings is 2. The van der Waals surface area contributed by atoms with E-state index in [1.54, 1.807) is 0 Å². The van der Waals surface area contributed by atoms with Crippen LogP contribution >= 0.6 is 0 Å². The van der Waals surface area contributed by atoms with Gasteiger partial charge in [-0.05, 0) is 17.7 Å². The number of hydrogen-bond donors (Lipinski definition) is 2. The summed E-state index contributed by atoms with van der Waals surface area (Å²) in [6.45, 7) is 3.86. The first-order chi connectivity index (χ1) is 12.8. The molecule has 0 radical (unpaired) electrons. The predicted octanol–water partition coefficient (Wildman–Crippen LogP) is 2.80. The van der Waals surface area contributed by atoms with E-state index in [0.717, 1.165) is 30.5 Å². The van der Waals surface area contributed by atoms with Crippen molar-refractivity contribution in [2.75, 3.05) is 26.2 Å². The van der Waals surface area contributed by atoms with E-state index in [1.807, 2.05) is 36.4 Å². The Bertz CT molecular complexity index is 842. The second kappa shape index (κ2) is 7.72. The number of para-hydroxylation sites is 1.